The summed E-state index contributed by atoms with van der Waals surface area (Å²) in [6.07, 6.45) is 2.53. The number of hydrogen-bond donors (Lipinski definition) is 0. The van der Waals surface area contributed by atoms with Crippen LogP contribution in [-0.2, 0) is 5.11 Å². The van der Waals surface area contributed by atoms with E-state index in [4.69, 9.17) is 0 Å². The van der Waals surface area contributed by atoms with Crippen molar-refractivity contribution in [2.24, 2.45) is 5.92 Å². The fourth-order valence-electron chi connectivity index (χ4n) is 1.32. The first-order valence-corrected chi connectivity index (χ1v) is 4.31. The Bertz CT molecular complexity index is 84.7. The lowest BCUT2D eigenvalue weighted by molar-refractivity contribution is -0.0797. The molecule has 0 amide bonds. The van der Waals surface area contributed by atoms with Crippen molar-refractivity contribution >= 4 is 0 Å². The topological polar surface area (TPSA) is 19.9 Å². The summed E-state index contributed by atoms with van der Waals surface area (Å²) in [4.78, 5) is 0. The number of hydrogen-bond acceptors (Lipinski definition) is 0. The third-order valence-corrected chi connectivity index (χ3v) is 2.71. The van der Waals surface area contributed by atoms with E-state index in [-0.39, 0.29) is 0 Å². The van der Waals surface area contributed by atoms with Gasteiger partial charge in [-0.2, -0.15) is 0 Å². The predicted octanol–water partition coefficient (Wildman–Crippen LogP) is 3.02. The highest BCUT2D eigenvalue weighted by atomic mass is 16.3. The molecule has 1 radical (unpaired) electrons. The molecular formula is C9H19O. The van der Waals surface area contributed by atoms with Gasteiger partial charge < -0.3 is 0 Å². The number of rotatable bonds is 4. The lowest BCUT2D eigenvalue weighted by Gasteiger charge is -2.28. The maximum Gasteiger partial charge on any atom is 0.106 e. The van der Waals surface area contributed by atoms with Crippen LogP contribution in [0.15, 0.2) is 0 Å². The van der Waals surface area contributed by atoms with Gasteiger partial charge in [-0.05, 0) is 18.8 Å². The Labute approximate surface area is 64.5 Å². The van der Waals surface area contributed by atoms with E-state index in [0.29, 0.717) is 5.92 Å². The zero-order valence-electron chi connectivity index (χ0n) is 7.61. The molecule has 0 aliphatic rings. The van der Waals surface area contributed by atoms with E-state index in [1.807, 2.05) is 13.8 Å². The van der Waals surface area contributed by atoms with Crippen molar-refractivity contribution in [1.82, 2.24) is 0 Å². The average Bonchev–Trinajstić information content (AvgIpc) is 2.01. The van der Waals surface area contributed by atoms with E-state index in [0.717, 1.165) is 19.3 Å². The van der Waals surface area contributed by atoms with Crippen LogP contribution in [0.4, 0.5) is 0 Å². The third kappa shape index (κ3) is 1.98. The summed E-state index contributed by atoms with van der Waals surface area (Å²) in [6, 6.07) is 0. The first-order valence-electron chi connectivity index (χ1n) is 4.31. The van der Waals surface area contributed by atoms with Crippen LogP contribution in [0.1, 0.15) is 47.0 Å². The Balaban J connectivity index is 4.02. The Morgan fingerprint density at radius 2 is 1.60 bits per heavy atom. The maximum atomic E-state index is 11.8. The monoisotopic (exact) mass is 143 g/mol. The van der Waals surface area contributed by atoms with Crippen LogP contribution in [-0.4, -0.2) is 5.60 Å². The smallest absolute Gasteiger partial charge is 0.106 e. The SMILES string of the molecule is CCC(C)C([O])(CC)CC. The molecule has 0 rings (SSSR count). The van der Waals surface area contributed by atoms with Gasteiger partial charge in [0.05, 0.1) is 0 Å². The summed E-state index contributed by atoms with van der Waals surface area (Å²) in [5.74, 6) is 0.322. The van der Waals surface area contributed by atoms with Crippen LogP contribution in [0.25, 0.3) is 0 Å². The van der Waals surface area contributed by atoms with Crippen molar-refractivity contribution in [3.05, 3.63) is 0 Å². The highest BCUT2D eigenvalue weighted by Crippen LogP contribution is 2.27. The molecule has 0 aromatic rings. The van der Waals surface area contributed by atoms with Crippen LogP contribution < -0.4 is 0 Å². The molecule has 0 spiro atoms. The van der Waals surface area contributed by atoms with Crippen LogP contribution in [0, 0.1) is 5.92 Å². The van der Waals surface area contributed by atoms with Crippen LogP contribution in [0.2, 0.25) is 0 Å². The van der Waals surface area contributed by atoms with Gasteiger partial charge in [0.25, 0.3) is 0 Å². The average molecular weight is 143 g/mol. The molecule has 0 aromatic heterocycles. The molecule has 1 atom stereocenters. The molecule has 0 aromatic carbocycles. The Hall–Kier alpha value is -0.0400. The van der Waals surface area contributed by atoms with Gasteiger partial charge in [0.2, 0.25) is 0 Å². The molecule has 0 aliphatic carbocycles. The summed E-state index contributed by atoms with van der Waals surface area (Å²) in [7, 11) is 0. The second-order valence-electron chi connectivity index (χ2n) is 3.08. The minimum Gasteiger partial charge on any atom is -0.229 e. The van der Waals surface area contributed by atoms with Crippen molar-refractivity contribution in [3.8, 4) is 0 Å². The summed E-state index contributed by atoms with van der Waals surface area (Å²) in [5.41, 5.74) is -0.658. The molecule has 0 aliphatic heterocycles. The highest BCUT2D eigenvalue weighted by Gasteiger charge is 2.30. The van der Waals surface area contributed by atoms with E-state index in [1.165, 1.54) is 0 Å². The molecular weight excluding hydrogens is 124 g/mol. The first kappa shape index (κ1) is 9.96. The minimum absolute atomic E-state index is 0.322. The van der Waals surface area contributed by atoms with Gasteiger partial charge in [0.15, 0.2) is 0 Å². The zero-order chi connectivity index (χ0) is 8.20. The molecule has 1 heteroatoms. The van der Waals surface area contributed by atoms with E-state index in [1.54, 1.807) is 0 Å². The lowest BCUT2D eigenvalue weighted by atomic mass is 9.83. The molecule has 0 saturated carbocycles. The Morgan fingerprint density at radius 3 is 1.70 bits per heavy atom. The van der Waals surface area contributed by atoms with Gasteiger partial charge in [-0.3, -0.25) is 0 Å². The van der Waals surface area contributed by atoms with Crippen LogP contribution in [0.5, 0.6) is 0 Å². The normalized spacial score (nSPS) is 15.3. The fourth-order valence-corrected chi connectivity index (χ4v) is 1.32. The van der Waals surface area contributed by atoms with Gasteiger partial charge in [0, 0.05) is 0 Å². The fraction of sp³-hybridized carbons (Fsp3) is 1.00. The molecule has 0 N–H and O–H groups in total. The molecule has 1 unspecified atom stereocenters. The van der Waals surface area contributed by atoms with Crippen molar-refractivity contribution in [3.63, 3.8) is 0 Å². The van der Waals surface area contributed by atoms with Crippen LogP contribution >= 0.6 is 0 Å². The molecule has 0 heterocycles. The summed E-state index contributed by atoms with van der Waals surface area (Å²) >= 11 is 0. The van der Waals surface area contributed by atoms with Gasteiger partial charge >= 0.3 is 0 Å². The molecule has 1 nitrogen and oxygen atoms in total. The summed E-state index contributed by atoms with van der Waals surface area (Å²) < 4.78 is 0. The van der Waals surface area contributed by atoms with Crippen molar-refractivity contribution in [2.75, 3.05) is 0 Å². The maximum absolute atomic E-state index is 11.8. The zero-order valence-corrected chi connectivity index (χ0v) is 7.61. The van der Waals surface area contributed by atoms with Gasteiger partial charge in [-0.1, -0.05) is 34.1 Å². The molecule has 0 saturated heterocycles. The van der Waals surface area contributed by atoms with E-state index in [2.05, 4.69) is 13.8 Å². The van der Waals surface area contributed by atoms with E-state index < -0.39 is 5.60 Å². The predicted molar refractivity (Wildman–Crippen MR) is 43.5 cm³/mol. The van der Waals surface area contributed by atoms with Crippen LogP contribution in [0.3, 0.4) is 0 Å². The van der Waals surface area contributed by atoms with E-state index in [9.17, 15) is 5.11 Å². The quantitative estimate of drug-likeness (QED) is 0.576. The van der Waals surface area contributed by atoms with Crippen molar-refractivity contribution in [1.29, 1.82) is 0 Å². The second kappa shape index (κ2) is 3.97. The first-order chi connectivity index (χ1) is 4.60. The Morgan fingerprint density at radius 1 is 1.20 bits per heavy atom. The van der Waals surface area contributed by atoms with Gasteiger partial charge in [0.1, 0.15) is 5.60 Å². The van der Waals surface area contributed by atoms with Gasteiger partial charge in [-0.15, -0.1) is 0 Å². The van der Waals surface area contributed by atoms with Gasteiger partial charge in [-0.25, -0.2) is 5.11 Å². The Kier molecular flexibility index (Phi) is 3.95. The minimum atomic E-state index is -0.658. The standard InChI is InChI=1S/C9H19O/c1-5-8(4)9(10,6-2)7-3/h8H,5-7H2,1-4H3. The van der Waals surface area contributed by atoms with E-state index >= 15 is 0 Å². The van der Waals surface area contributed by atoms with Crippen molar-refractivity contribution in [2.45, 2.75) is 52.6 Å². The summed E-state index contributed by atoms with van der Waals surface area (Å²) in [5, 5.41) is 11.8. The molecule has 0 fully saturated rings. The molecule has 10 heavy (non-hydrogen) atoms. The largest absolute Gasteiger partial charge is 0.229 e. The van der Waals surface area contributed by atoms with Crippen molar-refractivity contribution < 1.29 is 5.11 Å². The lowest BCUT2D eigenvalue weighted by Crippen LogP contribution is -2.32. The summed E-state index contributed by atoms with van der Waals surface area (Å²) in [6.45, 7) is 8.12. The highest BCUT2D eigenvalue weighted by molar-refractivity contribution is 4.79. The second-order valence-corrected chi connectivity index (χ2v) is 3.08. The third-order valence-electron chi connectivity index (χ3n) is 2.71. The molecule has 61 valence electrons. The molecule has 0 bridgehead atoms.